The minimum atomic E-state index is -1.06. The molecule has 102 valence electrons. The summed E-state index contributed by atoms with van der Waals surface area (Å²) in [5, 5.41) is 8.66. The molecule has 0 bridgehead atoms. The summed E-state index contributed by atoms with van der Waals surface area (Å²) in [6.07, 6.45) is -0.309. The Kier molecular flexibility index (Phi) is 4.04. The lowest BCUT2D eigenvalue weighted by molar-refractivity contribution is -0.144. The van der Waals surface area contributed by atoms with Crippen LogP contribution in [0.15, 0.2) is 22.7 Å². The molecule has 0 aliphatic carbocycles. The van der Waals surface area contributed by atoms with Gasteiger partial charge in [0.05, 0.1) is 4.47 Å². The maximum Gasteiger partial charge on any atom is 0.323 e. The summed E-state index contributed by atoms with van der Waals surface area (Å²) >= 11 is 3.15. The summed E-state index contributed by atoms with van der Waals surface area (Å²) in [4.78, 5) is 23.7. The molecule has 19 heavy (non-hydrogen) atoms. The predicted molar refractivity (Wildman–Crippen MR) is 67.3 cm³/mol. The number of ether oxygens (including phenoxy) is 1. The molecule has 0 aromatic heterocycles. The first-order chi connectivity index (χ1) is 8.97. The number of carboxylic acid groups (broad SMARTS) is 1. The van der Waals surface area contributed by atoms with Gasteiger partial charge in [-0.2, -0.15) is 0 Å². The number of nitrogens with zero attached hydrogens (tertiary/aromatic N) is 1. The smallest absolute Gasteiger partial charge is 0.323 e. The van der Waals surface area contributed by atoms with Gasteiger partial charge in [-0.3, -0.25) is 9.59 Å². The van der Waals surface area contributed by atoms with Gasteiger partial charge in [-0.1, -0.05) is 0 Å². The Balaban J connectivity index is 2.04. The maximum atomic E-state index is 12.9. The van der Waals surface area contributed by atoms with Crippen LogP contribution in [0.25, 0.3) is 0 Å². The lowest BCUT2D eigenvalue weighted by atomic mass is 10.3. The van der Waals surface area contributed by atoms with E-state index in [0.29, 0.717) is 23.2 Å². The third kappa shape index (κ3) is 3.23. The van der Waals surface area contributed by atoms with Crippen molar-refractivity contribution in [3.05, 3.63) is 28.5 Å². The second-order valence-electron chi connectivity index (χ2n) is 4.12. The van der Waals surface area contributed by atoms with Gasteiger partial charge in [-0.05, 0) is 34.1 Å². The van der Waals surface area contributed by atoms with Crippen molar-refractivity contribution < 1.29 is 23.8 Å². The van der Waals surface area contributed by atoms with Crippen molar-refractivity contribution in [1.29, 1.82) is 0 Å². The van der Waals surface area contributed by atoms with E-state index in [-0.39, 0.29) is 12.5 Å². The van der Waals surface area contributed by atoms with Gasteiger partial charge < -0.3 is 14.7 Å². The maximum absolute atomic E-state index is 12.9. The first-order valence-electron chi connectivity index (χ1n) is 5.59. The molecule has 1 aromatic carbocycles. The fraction of sp³-hybridized carbons (Fsp3) is 0.333. The molecule has 1 aliphatic heterocycles. The van der Waals surface area contributed by atoms with E-state index in [9.17, 15) is 14.0 Å². The average Bonchev–Trinajstić information content (AvgIpc) is 2.64. The van der Waals surface area contributed by atoms with Crippen LogP contribution < -0.4 is 4.74 Å². The van der Waals surface area contributed by atoms with E-state index in [1.54, 1.807) is 0 Å². The zero-order valence-electron chi connectivity index (χ0n) is 9.81. The van der Waals surface area contributed by atoms with E-state index in [4.69, 9.17) is 9.84 Å². The van der Waals surface area contributed by atoms with Crippen molar-refractivity contribution >= 4 is 27.8 Å². The van der Waals surface area contributed by atoms with Crippen molar-refractivity contribution in [2.75, 3.05) is 13.1 Å². The lowest BCUT2D eigenvalue weighted by Crippen LogP contribution is -2.35. The van der Waals surface area contributed by atoms with Crippen LogP contribution in [-0.2, 0) is 9.59 Å². The molecule has 5 nitrogen and oxygen atoms in total. The number of hydrogen-bond donors (Lipinski definition) is 1. The molecule has 1 aliphatic rings. The summed E-state index contributed by atoms with van der Waals surface area (Å²) < 4.78 is 18.8. The minimum Gasteiger partial charge on any atom is -0.480 e. The number of aliphatic carboxylic acids is 1. The van der Waals surface area contributed by atoms with E-state index in [0.717, 1.165) is 0 Å². The van der Waals surface area contributed by atoms with Gasteiger partial charge in [0.25, 0.3) is 5.91 Å². The third-order valence-corrected chi connectivity index (χ3v) is 3.36. The molecule has 2 rings (SSSR count). The highest BCUT2D eigenvalue weighted by Crippen LogP contribution is 2.28. The lowest BCUT2D eigenvalue weighted by Gasteiger charge is -2.15. The SMILES string of the molecule is O=C(O)CN1CCC(Oc2ccc(F)cc2Br)C1=O. The summed E-state index contributed by atoms with van der Waals surface area (Å²) in [6.45, 7) is 0.0118. The van der Waals surface area contributed by atoms with E-state index in [2.05, 4.69) is 15.9 Å². The summed E-state index contributed by atoms with van der Waals surface area (Å²) in [6, 6.07) is 3.89. The van der Waals surface area contributed by atoms with Crippen LogP contribution in [0.3, 0.4) is 0 Å². The van der Waals surface area contributed by atoms with Gasteiger partial charge >= 0.3 is 5.97 Å². The Labute approximate surface area is 117 Å². The molecule has 1 N–H and O–H groups in total. The molecule has 1 unspecified atom stereocenters. The Morgan fingerprint density at radius 2 is 2.32 bits per heavy atom. The predicted octanol–water partition coefficient (Wildman–Crippen LogP) is 1.65. The van der Waals surface area contributed by atoms with Gasteiger partial charge in [0.1, 0.15) is 18.1 Å². The summed E-state index contributed by atoms with van der Waals surface area (Å²) in [5.41, 5.74) is 0. The fourth-order valence-corrected chi connectivity index (χ4v) is 2.31. The van der Waals surface area contributed by atoms with Gasteiger partial charge in [0.2, 0.25) is 0 Å². The fourth-order valence-electron chi connectivity index (χ4n) is 1.86. The molecule has 0 saturated carbocycles. The summed E-state index contributed by atoms with van der Waals surface area (Å²) in [5.74, 6) is -1.48. The van der Waals surface area contributed by atoms with E-state index in [1.807, 2.05) is 0 Å². The number of hydrogen-bond acceptors (Lipinski definition) is 3. The standard InChI is InChI=1S/C12H11BrFNO4/c13-8-5-7(14)1-2-9(8)19-10-3-4-15(12(10)18)6-11(16)17/h1-2,5,10H,3-4,6H2,(H,16,17). The Morgan fingerprint density at radius 3 is 2.95 bits per heavy atom. The van der Waals surface area contributed by atoms with Crippen LogP contribution >= 0.6 is 15.9 Å². The Bertz CT molecular complexity index is 522. The summed E-state index contributed by atoms with van der Waals surface area (Å²) in [7, 11) is 0. The third-order valence-electron chi connectivity index (χ3n) is 2.74. The van der Waals surface area contributed by atoms with Crippen LogP contribution in [0.5, 0.6) is 5.75 Å². The molecule has 1 fully saturated rings. The van der Waals surface area contributed by atoms with Crippen molar-refractivity contribution in [2.45, 2.75) is 12.5 Å². The number of benzene rings is 1. The first-order valence-corrected chi connectivity index (χ1v) is 6.39. The first kappa shape index (κ1) is 13.8. The highest BCUT2D eigenvalue weighted by atomic mass is 79.9. The molecular formula is C12H11BrFNO4. The molecular weight excluding hydrogens is 321 g/mol. The van der Waals surface area contributed by atoms with Gasteiger partial charge in [-0.15, -0.1) is 0 Å². The molecule has 0 spiro atoms. The van der Waals surface area contributed by atoms with Crippen molar-refractivity contribution in [2.24, 2.45) is 0 Å². The zero-order valence-corrected chi connectivity index (χ0v) is 11.4. The number of halogens is 2. The van der Waals surface area contributed by atoms with Crippen molar-refractivity contribution in [3.63, 3.8) is 0 Å². The minimum absolute atomic E-state index is 0.330. The van der Waals surface area contributed by atoms with Gasteiger partial charge in [0, 0.05) is 13.0 Å². The zero-order chi connectivity index (χ0) is 14.0. The highest BCUT2D eigenvalue weighted by Gasteiger charge is 2.34. The van der Waals surface area contributed by atoms with Crippen LogP contribution in [0.1, 0.15) is 6.42 Å². The van der Waals surface area contributed by atoms with E-state index < -0.39 is 17.9 Å². The molecule has 7 heteroatoms. The number of likely N-dealkylation sites (tertiary alicyclic amines) is 1. The van der Waals surface area contributed by atoms with Gasteiger partial charge in [0.15, 0.2) is 6.10 Å². The Hall–Kier alpha value is -1.63. The number of carbonyl (C=O) groups is 2. The molecule has 0 radical (unpaired) electrons. The van der Waals surface area contributed by atoms with E-state index in [1.165, 1.54) is 23.1 Å². The van der Waals surface area contributed by atoms with Crippen LogP contribution in [0.4, 0.5) is 4.39 Å². The van der Waals surface area contributed by atoms with Crippen molar-refractivity contribution in [3.8, 4) is 5.75 Å². The number of carboxylic acids is 1. The quantitative estimate of drug-likeness (QED) is 0.911. The second kappa shape index (κ2) is 5.56. The molecule has 1 atom stereocenters. The largest absolute Gasteiger partial charge is 0.480 e. The Morgan fingerprint density at radius 1 is 1.58 bits per heavy atom. The normalized spacial score (nSPS) is 18.7. The van der Waals surface area contributed by atoms with Crippen LogP contribution in [-0.4, -0.2) is 41.1 Å². The highest BCUT2D eigenvalue weighted by molar-refractivity contribution is 9.10. The molecule has 1 amide bonds. The van der Waals surface area contributed by atoms with Crippen molar-refractivity contribution in [1.82, 2.24) is 4.90 Å². The molecule has 1 saturated heterocycles. The van der Waals surface area contributed by atoms with Gasteiger partial charge in [-0.25, -0.2) is 4.39 Å². The number of carbonyl (C=O) groups excluding carboxylic acids is 1. The second-order valence-corrected chi connectivity index (χ2v) is 4.98. The van der Waals surface area contributed by atoms with Crippen LogP contribution in [0.2, 0.25) is 0 Å². The van der Waals surface area contributed by atoms with E-state index >= 15 is 0 Å². The monoisotopic (exact) mass is 331 g/mol. The topological polar surface area (TPSA) is 66.8 Å². The van der Waals surface area contributed by atoms with Crippen LogP contribution in [0, 0.1) is 5.82 Å². The molecule has 1 heterocycles. The molecule has 1 aromatic rings. The average molecular weight is 332 g/mol. The number of amides is 1. The number of rotatable bonds is 4.